The van der Waals surface area contributed by atoms with Crippen molar-refractivity contribution < 1.29 is 0 Å². The molecule has 2 aliphatic heterocycles. The van der Waals surface area contributed by atoms with Gasteiger partial charge in [0.2, 0.25) is 0 Å². The fourth-order valence-corrected chi connectivity index (χ4v) is 3.06. The van der Waals surface area contributed by atoms with Gasteiger partial charge >= 0.3 is 0 Å². The first-order valence-electron chi connectivity index (χ1n) is 6.19. The minimum atomic E-state index is 0.536. The maximum atomic E-state index is 4.08. The van der Waals surface area contributed by atoms with Gasteiger partial charge in [0.1, 0.15) is 0 Å². The zero-order valence-corrected chi connectivity index (χ0v) is 9.76. The zero-order chi connectivity index (χ0) is 11.0. The number of hydrogen-bond acceptors (Lipinski definition) is 3. The van der Waals surface area contributed by atoms with Crippen LogP contribution in [0.25, 0.3) is 0 Å². The van der Waals surface area contributed by atoms with Crippen LogP contribution in [-0.4, -0.2) is 36.1 Å². The van der Waals surface area contributed by atoms with Crippen LogP contribution in [0, 0.1) is 11.8 Å². The van der Waals surface area contributed by atoms with Crippen LogP contribution in [-0.2, 0) is 0 Å². The first-order chi connectivity index (χ1) is 7.84. The van der Waals surface area contributed by atoms with Crippen molar-refractivity contribution in [2.75, 3.05) is 26.2 Å². The van der Waals surface area contributed by atoms with E-state index >= 15 is 0 Å². The van der Waals surface area contributed by atoms with E-state index in [1.807, 2.05) is 12.4 Å². The van der Waals surface area contributed by atoms with Crippen molar-refractivity contribution in [3.63, 3.8) is 0 Å². The molecule has 1 unspecified atom stereocenters. The third kappa shape index (κ3) is 1.74. The molecule has 2 saturated heterocycles. The summed E-state index contributed by atoms with van der Waals surface area (Å²) in [5.41, 5.74) is 1.39. The quantitative estimate of drug-likeness (QED) is 0.809. The highest BCUT2D eigenvalue weighted by atomic mass is 15.2. The molecule has 0 saturated carbocycles. The normalized spacial score (nSPS) is 31.6. The molecule has 3 heteroatoms. The Balaban J connectivity index is 1.71. The maximum absolute atomic E-state index is 4.08. The van der Waals surface area contributed by atoms with Crippen molar-refractivity contribution in [2.24, 2.45) is 11.8 Å². The predicted octanol–water partition coefficient (Wildman–Crippen LogP) is 1.29. The summed E-state index contributed by atoms with van der Waals surface area (Å²) in [5, 5.41) is 3.49. The fraction of sp³-hybridized carbons (Fsp3) is 0.615. The minimum Gasteiger partial charge on any atom is -0.316 e. The van der Waals surface area contributed by atoms with Gasteiger partial charge in [0, 0.05) is 31.5 Å². The maximum Gasteiger partial charge on any atom is 0.0321 e. The molecule has 1 aromatic heterocycles. The van der Waals surface area contributed by atoms with Crippen LogP contribution in [0.2, 0.25) is 0 Å². The number of nitrogens with zero attached hydrogens (tertiary/aromatic N) is 2. The summed E-state index contributed by atoms with van der Waals surface area (Å²) in [6.45, 7) is 7.24. The fourth-order valence-electron chi connectivity index (χ4n) is 3.06. The second kappa shape index (κ2) is 4.15. The highest BCUT2D eigenvalue weighted by molar-refractivity contribution is 5.15. The monoisotopic (exact) mass is 217 g/mol. The van der Waals surface area contributed by atoms with E-state index in [9.17, 15) is 0 Å². The highest BCUT2D eigenvalue weighted by Gasteiger charge is 2.37. The number of fused-ring (bicyclic) bond motifs is 1. The lowest BCUT2D eigenvalue weighted by Gasteiger charge is -2.25. The van der Waals surface area contributed by atoms with E-state index in [0.717, 1.165) is 11.8 Å². The van der Waals surface area contributed by atoms with Crippen molar-refractivity contribution in [2.45, 2.75) is 13.0 Å². The largest absolute Gasteiger partial charge is 0.316 e. The molecule has 3 nitrogen and oxygen atoms in total. The molecule has 1 N–H and O–H groups in total. The van der Waals surface area contributed by atoms with Gasteiger partial charge in [-0.25, -0.2) is 0 Å². The Bertz CT molecular complexity index is 339. The summed E-state index contributed by atoms with van der Waals surface area (Å²) in [6, 6.07) is 4.81. The third-order valence-electron chi connectivity index (χ3n) is 4.15. The summed E-state index contributed by atoms with van der Waals surface area (Å²) in [7, 11) is 0. The first kappa shape index (κ1) is 10.2. The van der Waals surface area contributed by atoms with E-state index in [0.29, 0.717) is 6.04 Å². The van der Waals surface area contributed by atoms with Gasteiger partial charge in [0.05, 0.1) is 0 Å². The molecule has 16 heavy (non-hydrogen) atoms. The molecule has 3 rings (SSSR count). The first-order valence-corrected chi connectivity index (χ1v) is 6.19. The predicted molar refractivity (Wildman–Crippen MR) is 64.1 cm³/mol. The van der Waals surface area contributed by atoms with Crippen LogP contribution >= 0.6 is 0 Å². The Labute approximate surface area is 96.9 Å². The summed E-state index contributed by atoms with van der Waals surface area (Å²) in [5.74, 6) is 1.76. The number of pyridine rings is 1. The smallest absolute Gasteiger partial charge is 0.0321 e. The van der Waals surface area contributed by atoms with Crippen molar-refractivity contribution in [3.8, 4) is 0 Å². The molecule has 0 spiro atoms. The average Bonchev–Trinajstić information content (AvgIpc) is 2.89. The van der Waals surface area contributed by atoms with Gasteiger partial charge < -0.3 is 5.32 Å². The van der Waals surface area contributed by atoms with Crippen LogP contribution < -0.4 is 5.32 Å². The molecule has 86 valence electrons. The average molecular weight is 217 g/mol. The summed E-state index contributed by atoms with van der Waals surface area (Å²) >= 11 is 0. The molecule has 2 fully saturated rings. The number of hydrogen-bond donors (Lipinski definition) is 1. The van der Waals surface area contributed by atoms with Crippen LogP contribution in [0.15, 0.2) is 24.5 Å². The van der Waals surface area contributed by atoms with Crippen LogP contribution in [0.4, 0.5) is 0 Å². The molecule has 3 heterocycles. The van der Waals surface area contributed by atoms with Crippen molar-refractivity contribution >= 4 is 0 Å². The van der Waals surface area contributed by atoms with Gasteiger partial charge in [-0.15, -0.1) is 0 Å². The van der Waals surface area contributed by atoms with Crippen LogP contribution in [0.5, 0.6) is 0 Å². The number of aromatic nitrogens is 1. The molecular formula is C13H19N3. The van der Waals surface area contributed by atoms with Crippen molar-refractivity contribution in [3.05, 3.63) is 30.1 Å². The molecule has 3 atom stereocenters. The lowest BCUT2D eigenvalue weighted by molar-refractivity contribution is 0.244. The molecule has 2 aliphatic rings. The third-order valence-corrected chi connectivity index (χ3v) is 4.15. The summed E-state index contributed by atoms with van der Waals surface area (Å²) < 4.78 is 0. The molecule has 1 aromatic rings. The van der Waals surface area contributed by atoms with E-state index in [1.54, 1.807) is 0 Å². The topological polar surface area (TPSA) is 28.2 Å². The zero-order valence-electron chi connectivity index (χ0n) is 9.76. The van der Waals surface area contributed by atoms with E-state index in [1.165, 1.54) is 31.7 Å². The second-order valence-electron chi connectivity index (χ2n) is 5.09. The van der Waals surface area contributed by atoms with Gasteiger partial charge in [-0.3, -0.25) is 9.88 Å². The standard InChI is InChI=1S/C13H19N3/c1-10(11-2-4-14-5-3-11)16-8-12-6-15-7-13(12)9-16/h2-5,10,12-13,15H,6-9H2,1H3/t10?,12-,13+. The van der Waals surface area contributed by atoms with Crippen LogP contribution in [0.1, 0.15) is 18.5 Å². The summed E-state index contributed by atoms with van der Waals surface area (Å²) in [6.07, 6.45) is 3.79. The number of rotatable bonds is 2. The lowest BCUT2D eigenvalue weighted by atomic mass is 10.0. The molecule has 0 aromatic carbocycles. The van der Waals surface area contributed by atoms with E-state index in [4.69, 9.17) is 0 Å². The number of nitrogens with one attached hydrogen (secondary N) is 1. The van der Waals surface area contributed by atoms with Gasteiger partial charge in [-0.2, -0.15) is 0 Å². The Morgan fingerprint density at radius 1 is 1.25 bits per heavy atom. The second-order valence-corrected chi connectivity index (χ2v) is 5.09. The minimum absolute atomic E-state index is 0.536. The van der Waals surface area contributed by atoms with Gasteiger partial charge in [-0.05, 0) is 49.5 Å². The highest BCUT2D eigenvalue weighted by Crippen LogP contribution is 2.32. The number of likely N-dealkylation sites (tertiary alicyclic amines) is 1. The molecule has 0 aliphatic carbocycles. The van der Waals surface area contributed by atoms with E-state index in [2.05, 4.69) is 34.3 Å². The molecule has 0 amide bonds. The Hall–Kier alpha value is -0.930. The lowest BCUT2D eigenvalue weighted by Crippen LogP contribution is -2.28. The molecule has 0 radical (unpaired) electrons. The SMILES string of the molecule is CC(c1ccncc1)N1C[C@H]2CNC[C@H]2C1. The summed E-state index contributed by atoms with van der Waals surface area (Å²) in [4.78, 5) is 6.70. The van der Waals surface area contributed by atoms with Crippen molar-refractivity contribution in [1.82, 2.24) is 15.2 Å². The van der Waals surface area contributed by atoms with Gasteiger partial charge in [-0.1, -0.05) is 0 Å². The Morgan fingerprint density at radius 2 is 1.88 bits per heavy atom. The molecule has 0 bridgehead atoms. The Kier molecular flexibility index (Phi) is 2.65. The Morgan fingerprint density at radius 3 is 2.50 bits per heavy atom. The van der Waals surface area contributed by atoms with E-state index < -0.39 is 0 Å². The van der Waals surface area contributed by atoms with Gasteiger partial charge in [0.25, 0.3) is 0 Å². The van der Waals surface area contributed by atoms with Gasteiger partial charge in [0.15, 0.2) is 0 Å². The van der Waals surface area contributed by atoms with Crippen LogP contribution in [0.3, 0.4) is 0 Å². The van der Waals surface area contributed by atoms with E-state index in [-0.39, 0.29) is 0 Å². The molecular weight excluding hydrogens is 198 g/mol. The van der Waals surface area contributed by atoms with Crippen molar-refractivity contribution in [1.29, 1.82) is 0 Å².